The average molecular weight is 263 g/mol. The SMILES string of the molecule is NCc1c[nH]c(=S)n1C12CC3CC(CC(C3)C1)C2. The molecule has 0 unspecified atom stereocenters. The second kappa shape index (κ2) is 3.70. The fraction of sp³-hybridized carbons (Fsp3) is 0.786. The molecule has 4 bridgehead atoms. The molecule has 1 aromatic rings. The number of hydrogen-bond acceptors (Lipinski definition) is 2. The van der Waals surface area contributed by atoms with Crippen LogP contribution in [0.3, 0.4) is 0 Å². The van der Waals surface area contributed by atoms with Crippen molar-refractivity contribution in [3.8, 4) is 0 Å². The topological polar surface area (TPSA) is 46.7 Å². The van der Waals surface area contributed by atoms with E-state index in [1.165, 1.54) is 44.2 Å². The highest BCUT2D eigenvalue weighted by atomic mass is 32.1. The molecule has 0 spiro atoms. The van der Waals surface area contributed by atoms with Gasteiger partial charge in [-0.1, -0.05) is 0 Å². The summed E-state index contributed by atoms with van der Waals surface area (Å²) in [5.74, 6) is 2.83. The van der Waals surface area contributed by atoms with Crippen LogP contribution in [-0.2, 0) is 12.1 Å². The molecular weight excluding hydrogens is 242 g/mol. The van der Waals surface area contributed by atoms with Crippen molar-refractivity contribution >= 4 is 12.2 Å². The third kappa shape index (κ3) is 1.42. The van der Waals surface area contributed by atoms with Crippen LogP contribution in [0.5, 0.6) is 0 Å². The highest BCUT2D eigenvalue weighted by Crippen LogP contribution is 2.59. The molecule has 4 aliphatic carbocycles. The first-order valence-electron chi connectivity index (χ1n) is 7.20. The number of aromatic amines is 1. The van der Waals surface area contributed by atoms with Crippen LogP contribution < -0.4 is 5.73 Å². The van der Waals surface area contributed by atoms with E-state index in [1.807, 2.05) is 6.20 Å². The largest absolute Gasteiger partial charge is 0.337 e. The molecule has 0 aromatic carbocycles. The molecule has 18 heavy (non-hydrogen) atoms. The molecule has 3 N–H and O–H groups in total. The number of nitrogens with zero attached hydrogens (tertiary/aromatic N) is 1. The fourth-order valence-corrected chi connectivity index (χ4v) is 5.78. The maximum Gasteiger partial charge on any atom is 0.177 e. The zero-order chi connectivity index (χ0) is 12.3. The van der Waals surface area contributed by atoms with Gasteiger partial charge in [0.2, 0.25) is 0 Å². The van der Waals surface area contributed by atoms with Gasteiger partial charge in [-0.3, -0.25) is 0 Å². The molecule has 5 rings (SSSR count). The van der Waals surface area contributed by atoms with E-state index in [9.17, 15) is 0 Å². The summed E-state index contributed by atoms with van der Waals surface area (Å²) >= 11 is 5.53. The molecule has 0 aliphatic heterocycles. The molecule has 0 atom stereocenters. The van der Waals surface area contributed by atoms with Crippen LogP contribution in [-0.4, -0.2) is 9.55 Å². The normalized spacial score (nSPS) is 41.5. The number of rotatable bonds is 2. The molecule has 1 heterocycles. The number of nitrogens with one attached hydrogen (secondary N) is 1. The van der Waals surface area contributed by atoms with Crippen LogP contribution in [0.4, 0.5) is 0 Å². The van der Waals surface area contributed by atoms with Gasteiger partial charge in [0, 0.05) is 18.3 Å². The molecule has 4 fully saturated rings. The monoisotopic (exact) mass is 263 g/mol. The highest BCUT2D eigenvalue weighted by molar-refractivity contribution is 7.71. The minimum atomic E-state index is 0.306. The summed E-state index contributed by atoms with van der Waals surface area (Å²) in [6, 6.07) is 0. The van der Waals surface area contributed by atoms with Crippen molar-refractivity contribution in [2.45, 2.75) is 50.6 Å². The van der Waals surface area contributed by atoms with Crippen molar-refractivity contribution in [2.75, 3.05) is 0 Å². The summed E-state index contributed by atoms with van der Waals surface area (Å²) in [5.41, 5.74) is 7.40. The number of hydrogen-bond donors (Lipinski definition) is 2. The van der Waals surface area contributed by atoms with Crippen molar-refractivity contribution in [3.63, 3.8) is 0 Å². The molecule has 4 heteroatoms. The van der Waals surface area contributed by atoms with E-state index >= 15 is 0 Å². The predicted octanol–water partition coefficient (Wildman–Crippen LogP) is 2.93. The Labute approximate surface area is 113 Å². The summed E-state index contributed by atoms with van der Waals surface area (Å²) in [6.07, 6.45) is 10.4. The van der Waals surface area contributed by atoms with Gasteiger partial charge in [-0.15, -0.1) is 0 Å². The van der Waals surface area contributed by atoms with Gasteiger partial charge in [0.15, 0.2) is 4.77 Å². The summed E-state index contributed by atoms with van der Waals surface area (Å²) < 4.78 is 3.28. The Morgan fingerprint density at radius 3 is 2.28 bits per heavy atom. The molecule has 4 saturated carbocycles. The lowest BCUT2D eigenvalue weighted by Crippen LogP contribution is -2.52. The van der Waals surface area contributed by atoms with Crippen molar-refractivity contribution in [1.82, 2.24) is 9.55 Å². The summed E-state index contributed by atoms with van der Waals surface area (Å²) in [6.45, 7) is 0.592. The Morgan fingerprint density at radius 2 is 1.78 bits per heavy atom. The van der Waals surface area contributed by atoms with Crippen molar-refractivity contribution in [1.29, 1.82) is 0 Å². The van der Waals surface area contributed by atoms with Crippen LogP contribution in [0.2, 0.25) is 0 Å². The fourth-order valence-electron chi connectivity index (χ4n) is 5.41. The second-order valence-electron chi connectivity index (χ2n) is 6.77. The number of nitrogens with two attached hydrogens (primary N) is 1. The Kier molecular flexibility index (Phi) is 2.31. The molecule has 0 radical (unpaired) electrons. The standard InChI is InChI=1S/C14H21N3S/c15-7-12-8-16-13(18)17(12)14-4-9-1-10(5-14)3-11(2-9)6-14/h8-11H,1-7,15H2,(H,16,18). The van der Waals surface area contributed by atoms with Gasteiger partial charge in [0.05, 0.1) is 5.69 Å². The third-order valence-electron chi connectivity index (χ3n) is 5.54. The van der Waals surface area contributed by atoms with E-state index in [2.05, 4.69) is 9.55 Å². The van der Waals surface area contributed by atoms with Gasteiger partial charge in [0.1, 0.15) is 0 Å². The lowest BCUT2D eigenvalue weighted by Gasteiger charge is -2.57. The van der Waals surface area contributed by atoms with E-state index in [1.54, 1.807) is 0 Å². The van der Waals surface area contributed by atoms with Gasteiger partial charge in [-0.05, 0) is 68.5 Å². The molecule has 98 valence electrons. The number of aromatic nitrogens is 2. The smallest absolute Gasteiger partial charge is 0.177 e. The maximum atomic E-state index is 5.90. The zero-order valence-corrected chi connectivity index (χ0v) is 11.5. The van der Waals surface area contributed by atoms with Crippen LogP contribution >= 0.6 is 12.2 Å². The van der Waals surface area contributed by atoms with Crippen molar-refractivity contribution in [2.24, 2.45) is 23.5 Å². The summed E-state index contributed by atoms with van der Waals surface area (Å²) in [7, 11) is 0. The second-order valence-corrected chi connectivity index (χ2v) is 7.15. The van der Waals surface area contributed by atoms with Gasteiger partial charge in [-0.2, -0.15) is 0 Å². The van der Waals surface area contributed by atoms with Crippen molar-refractivity contribution in [3.05, 3.63) is 16.7 Å². The van der Waals surface area contributed by atoms with Gasteiger partial charge in [-0.25, -0.2) is 0 Å². The number of imidazole rings is 1. The van der Waals surface area contributed by atoms with Crippen LogP contribution in [0.15, 0.2) is 6.20 Å². The zero-order valence-electron chi connectivity index (χ0n) is 10.7. The first-order valence-corrected chi connectivity index (χ1v) is 7.61. The first kappa shape index (κ1) is 11.2. The quantitative estimate of drug-likeness (QED) is 0.806. The molecule has 1 aromatic heterocycles. The van der Waals surface area contributed by atoms with Gasteiger partial charge >= 0.3 is 0 Å². The third-order valence-corrected chi connectivity index (χ3v) is 5.84. The van der Waals surface area contributed by atoms with E-state index in [0.717, 1.165) is 22.5 Å². The first-order chi connectivity index (χ1) is 8.70. The van der Waals surface area contributed by atoms with E-state index in [-0.39, 0.29) is 0 Å². The average Bonchev–Trinajstić information content (AvgIpc) is 2.69. The minimum Gasteiger partial charge on any atom is -0.337 e. The van der Waals surface area contributed by atoms with E-state index in [4.69, 9.17) is 18.0 Å². The molecule has 0 saturated heterocycles. The molecule has 3 nitrogen and oxygen atoms in total. The van der Waals surface area contributed by atoms with Crippen molar-refractivity contribution < 1.29 is 0 Å². The molecule has 4 aliphatic rings. The van der Waals surface area contributed by atoms with E-state index < -0.39 is 0 Å². The molecule has 0 amide bonds. The highest BCUT2D eigenvalue weighted by Gasteiger charge is 2.52. The minimum absolute atomic E-state index is 0.306. The number of H-pyrrole nitrogens is 1. The Hall–Kier alpha value is -0.610. The lowest BCUT2D eigenvalue weighted by molar-refractivity contribution is -0.0449. The maximum absolute atomic E-state index is 5.90. The van der Waals surface area contributed by atoms with Crippen LogP contribution in [0, 0.1) is 22.5 Å². The molecular formula is C14H21N3S. The van der Waals surface area contributed by atoms with Gasteiger partial charge in [0.25, 0.3) is 0 Å². The van der Waals surface area contributed by atoms with Crippen LogP contribution in [0.1, 0.15) is 44.2 Å². The lowest BCUT2D eigenvalue weighted by atomic mass is 9.53. The predicted molar refractivity (Wildman–Crippen MR) is 73.7 cm³/mol. The van der Waals surface area contributed by atoms with Crippen LogP contribution in [0.25, 0.3) is 0 Å². The summed E-state index contributed by atoms with van der Waals surface area (Å²) in [5, 5.41) is 0. The Balaban J connectivity index is 1.83. The van der Waals surface area contributed by atoms with Gasteiger partial charge < -0.3 is 15.3 Å². The summed E-state index contributed by atoms with van der Waals surface area (Å²) in [4.78, 5) is 3.21. The Bertz CT molecular complexity index is 492. The Morgan fingerprint density at radius 1 is 1.22 bits per heavy atom. The van der Waals surface area contributed by atoms with E-state index in [0.29, 0.717) is 12.1 Å².